The second kappa shape index (κ2) is 8.22. The summed E-state index contributed by atoms with van der Waals surface area (Å²) in [6, 6.07) is 20.2. The van der Waals surface area contributed by atoms with Crippen molar-refractivity contribution in [3.05, 3.63) is 92.8 Å². The summed E-state index contributed by atoms with van der Waals surface area (Å²) in [5, 5.41) is 12.8. The molecule has 3 heterocycles. The third kappa shape index (κ3) is 3.74. The van der Waals surface area contributed by atoms with Crippen LogP contribution in [-0.2, 0) is 6.54 Å². The minimum absolute atomic E-state index is 0.0274. The molecule has 1 saturated heterocycles. The Hall–Kier alpha value is -3.07. The first kappa shape index (κ1) is 19.9. The smallest absolute Gasteiger partial charge is 0.265 e. The number of nitriles is 1. The molecule has 2 aromatic heterocycles. The van der Waals surface area contributed by atoms with Crippen molar-refractivity contribution in [1.82, 2.24) is 9.47 Å². The second-order valence-electron chi connectivity index (χ2n) is 7.88. The number of amides is 1. The lowest BCUT2D eigenvalue weighted by Crippen LogP contribution is -2.27. The predicted octanol–water partition coefficient (Wildman–Crippen LogP) is 5.91. The molecule has 0 saturated carbocycles. The maximum Gasteiger partial charge on any atom is 0.265 e. The average molecular weight is 446 g/mol. The first-order chi connectivity index (χ1) is 15.1. The quantitative estimate of drug-likeness (QED) is 0.392. The van der Waals surface area contributed by atoms with E-state index in [-0.39, 0.29) is 5.91 Å². The number of thiophene rings is 1. The van der Waals surface area contributed by atoms with E-state index in [2.05, 4.69) is 47.2 Å². The monoisotopic (exact) mass is 445 g/mol. The number of benzene rings is 2. The molecule has 154 valence electrons. The van der Waals surface area contributed by atoms with Gasteiger partial charge in [-0.1, -0.05) is 41.9 Å². The van der Waals surface area contributed by atoms with Gasteiger partial charge < -0.3 is 9.47 Å². The molecule has 0 aliphatic carbocycles. The number of carbonyl (C=O) groups excluding carboxylic acids is 1. The zero-order valence-electron chi connectivity index (χ0n) is 16.8. The van der Waals surface area contributed by atoms with Gasteiger partial charge in [0.25, 0.3) is 5.91 Å². The van der Waals surface area contributed by atoms with Crippen LogP contribution in [-0.4, -0.2) is 28.5 Å². The largest absolute Gasteiger partial charge is 0.343 e. The molecule has 4 nitrogen and oxygen atoms in total. The molecule has 1 aliphatic rings. The summed E-state index contributed by atoms with van der Waals surface area (Å²) in [6.07, 6.45) is 3.16. The normalized spacial score (nSPS) is 16.0. The Kier molecular flexibility index (Phi) is 5.27. The van der Waals surface area contributed by atoms with Crippen molar-refractivity contribution in [1.29, 1.82) is 5.26 Å². The molecule has 6 heteroatoms. The number of likely N-dealkylation sites (tertiary alicyclic amines) is 1. The lowest BCUT2D eigenvalue weighted by molar-refractivity contribution is 0.0795. The van der Waals surface area contributed by atoms with E-state index < -0.39 is 0 Å². The van der Waals surface area contributed by atoms with Crippen LogP contribution in [0.3, 0.4) is 0 Å². The Balaban J connectivity index is 1.44. The maximum atomic E-state index is 12.9. The molecule has 0 bridgehead atoms. The molecule has 1 aliphatic heterocycles. The molecule has 0 spiro atoms. The van der Waals surface area contributed by atoms with Crippen molar-refractivity contribution in [2.45, 2.75) is 18.9 Å². The number of para-hydroxylation sites is 1. The summed E-state index contributed by atoms with van der Waals surface area (Å²) in [4.78, 5) is 15.4. The minimum Gasteiger partial charge on any atom is -0.343 e. The van der Waals surface area contributed by atoms with Gasteiger partial charge in [-0.3, -0.25) is 4.79 Å². The molecule has 1 amide bonds. The highest BCUT2D eigenvalue weighted by Gasteiger charge is 2.31. The number of rotatable bonds is 4. The SMILES string of the molecule is N#Cc1cccc(Cn2cc(C3CCN(C(=O)c4sccc4Cl)C3)c3ccccc32)c1. The first-order valence-corrected chi connectivity index (χ1v) is 11.5. The Morgan fingerprint density at radius 3 is 2.87 bits per heavy atom. The number of hydrogen-bond acceptors (Lipinski definition) is 3. The van der Waals surface area contributed by atoms with Crippen LogP contribution in [0.2, 0.25) is 5.02 Å². The topological polar surface area (TPSA) is 49.0 Å². The number of carbonyl (C=O) groups is 1. The van der Waals surface area contributed by atoms with Gasteiger partial charge in [0.2, 0.25) is 0 Å². The van der Waals surface area contributed by atoms with Crippen LogP contribution >= 0.6 is 22.9 Å². The molecule has 31 heavy (non-hydrogen) atoms. The van der Waals surface area contributed by atoms with Gasteiger partial charge >= 0.3 is 0 Å². The molecule has 0 radical (unpaired) electrons. The highest BCUT2D eigenvalue weighted by molar-refractivity contribution is 7.12. The van der Waals surface area contributed by atoms with Crippen molar-refractivity contribution in [2.24, 2.45) is 0 Å². The molecule has 4 aromatic rings. The third-order valence-corrected chi connectivity index (χ3v) is 7.28. The highest BCUT2D eigenvalue weighted by atomic mass is 35.5. The number of halogens is 1. The Bertz CT molecular complexity index is 1320. The van der Waals surface area contributed by atoms with Crippen LogP contribution in [0.4, 0.5) is 0 Å². The predicted molar refractivity (Wildman–Crippen MR) is 125 cm³/mol. The number of nitrogens with zero attached hydrogens (tertiary/aromatic N) is 3. The van der Waals surface area contributed by atoms with E-state index in [0.717, 1.165) is 18.5 Å². The zero-order valence-corrected chi connectivity index (χ0v) is 18.4. The van der Waals surface area contributed by atoms with Gasteiger partial charge in [0.05, 0.1) is 16.7 Å². The van der Waals surface area contributed by atoms with E-state index in [1.54, 1.807) is 6.07 Å². The summed E-state index contributed by atoms with van der Waals surface area (Å²) in [7, 11) is 0. The van der Waals surface area contributed by atoms with Gasteiger partial charge in [-0.05, 0) is 47.2 Å². The maximum absolute atomic E-state index is 12.9. The Morgan fingerprint density at radius 1 is 1.19 bits per heavy atom. The standard InChI is InChI=1S/C25H20ClN3OS/c26-22-9-11-31-24(22)25(30)28-10-8-19(15-28)21-16-29(23-7-2-1-6-20(21)23)14-18-5-3-4-17(12-18)13-27/h1-7,9,11-12,16,19H,8,10,14-15H2. The van der Waals surface area contributed by atoms with Crippen molar-refractivity contribution in [2.75, 3.05) is 13.1 Å². The van der Waals surface area contributed by atoms with Crippen LogP contribution in [0.1, 0.15) is 38.7 Å². The number of fused-ring (bicyclic) bond motifs is 1. The van der Waals surface area contributed by atoms with Crippen molar-refractivity contribution in [3.63, 3.8) is 0 Å². The Morgan fingerprint density at radius 2 is 2.06 bits per heavy atom. The molecule has 1 unspecified atom stereocenters. The van der Waals surface area contributed by atoms with Gasteiger partial charge in [0.15, 0.2) is 0 Å². The Labute approximate surface area is 189 Å². The van der Waals surface area contributed by atoms with Gasteiger partial charge in [-0.2, -0.15) is 5.26 Å². The van der Waals surface area contributed by atoms with E-state index in [1.165, 1.54) is 27.8 Å². The molecule has 0 N–H and O–H groups in total. The lowest BCUT2D eigenvalue weighted by atomic mass is 9.98. The fourth-order valence-corrected chi connectivity index (χ4v) is 5.56. The first-order valence-electron chi connectivity index (χ1n) is 10.2. The molecule has 1 atom stereocenters. The van der Waals surface area contributed by atoms with E-state index in [9.17, 15) is 10.1 Å². The minimum atomic E-state index is 0.0274. The molecule has 5 rings (SSSR count). The van der Waals surface area contributed by atoms with Crippen molar-refractivity contribution >= 4 is 39.7 Å². The molecular formula is C25H20ClN3OS. The van der Waals surface area contributed by atoms with E-state index >= 15 is 0 Å². The van der Waals surface area contributed by atoms with Gasteiger partial charge in [-0.15, -0.1) is 11.3 Å². The fourth-order valence-electron chi connectivity index (χ4n) is 4.46. The molecular weight excluding hydrogens is 426 g/mol. The summed E-state index contributed by atoms with van der Waals surface area (Å²) in [5.74, 6) is 0.318. The van der Waals surface area contributed by atoms with Crippen LogP contribution in [0.15, 0.2) is 66.2 Å². The average Bonchev–Trinajstić information content (AvgIpc) is 3.52. The van der Waals surface area contributed by atoms with Crippen LogP contribution in [0, 0.1) is 11.3 Å². The lowest BCUT2D eigenvalue weighted by Gasteiger charge is -2.16. The van der Waals surface area contributed by atoms with E-state index in [0.29, 0.717) is 34.5 Å². The second-order valence-corrected chi connectivity index (χ2v) is 9.20. The summed E-state index contributed by atoms with van der Waals surface area (Å²) in [6.45, 7) is 2.14. The van der Waals surface area contributed by atoms with Crippen molar-refractivity contribution in [3.8, 4) is 6.07 Å². The van der Waals surface area contributed by atoms with Gasteiger partial charge in [-0.25, -0.2) is 0 Å². The summed E-state index contributed by atoms with van der Waals surface area (Å²) < 4.78 is 2.25. The number of aromatic nitrogens is 1. The van der Waals surface area contributed by atoms with Gasteiger partial charge in [0, 0.05) is 42.7 Å². The van der Waals surface area contributed by atoms with E-state index in [4.69, 9.17) is 11.6 Å². The molecule has 2 aromatic carbocycles. The van der Waals surface area contributed by atoms with E-state index in [1.807, 2.05) is 28.5 Å². The van der Waals surface area contributed by atoms with Gasteiger partial charge in [0.1, 0.15) is 4.88 Å². The van der Waals surface area contributed by atoms with Crippen molar-refractivity contribution < 1.29 is 4.79 Å². The van der Waals surface area contributed by atoms with Crippen LogP contribution in [0.5, 0.6) is 0 Å². The third-order valence-electron chi connectivity index (χ3n) is 5.96. The highest BCUT2D eigenvalue weighted by Crippen LogP contribution is 2.35. The summed E-state index contributed by atoms with van der Waals surface area (Å²) >= 11 is 7.59. The number of hydrogen-bond donors (Lipinski definition) is 0. The van der Waals surface area contributed by atoms with Crippen LogP contribution < -0.4 is 0 Å². The molecule has 1 fully saturated rings. The van der Waals surface area contributed by atoms with Crippen LogP contribution in [0.25, 0.3) is 10.9 Å². The zero-order chi connectivity index (χ0) is 21.4. The fraction of sp³-hybridized carbons (Fsp3) is 0.200. The summed E-state index contributed by atoms with van der Waals surface area (Å²) in [5.41, 5.74) is 4.22.